The van der Waals surface area contributed by atoms with E-state index in [-0.39, 0.29) is 16.8 Å². The van der Waals surface area contributed by atoms with Gasteiger partial charge in [-0.25, -0.2) is 14.4 Å². The number of piperazine rings is 1. The number of benzene rings is 1. The predicted octanol–water partition coefficient (Wildman–Crippen LogP) is 3.12. The van der Waals surface area contributed by atoms with E-state index in [1.54, 1.807) is 6.07 Å². The molecule has 2 heterocycles. The molecule has 8 heteroatoms. The van der Waals surface area contributed by atoms with Crippen molar-refractivity contribution in [1.29, 1.82) is 0 Å². The molecule has 2 aromatic rings. The van der Waals surface area contributed by atoms with Gasteiger partial charge in [-0.2, -0.15) is 0 Å². The van der Waals surface area contributed by atoms with Gasteiger partial charge in [-0.1, -0.05) is 11.6 Å². The van der Waals surface area contributed by atoms with Gasteiger partial charge in [0.15, 0.2) is 0 Å². The lowest BCUT2D eigenvalue weighted by Crippen LogP contribution is -2.49. The molecule has 2 fully saturated rings. The Hall–Kier alpha value is -2.41. The minimum Gasteiger partial charge on any atom is -0.439 e. The number of carbonyl (C=O) groups excluding carboxylic acids is 1. The zero-order valence-electron chi connectivity index (χ0n) is 14.1. The molecule has 1 aliphatic heterocycles. The van der Waals surface area contributed by atoms with E-state index in [0.717, 1.165) is 31.7 Å². The summed E-state index contributed by atoms with van der Waals surface area (Å²) in [7, 11) is 0. The first-order valence-corrected chi connectivity index (χ1v) is 8.96. The summed E-state index contributed by atoms with van der Waals surface area (Å²) in [6.07, 6.45) is 3.48. The molecule has 1 aromatic carbocycles. The summed E-state index contributed by atoms with van der Waals surface area (Å²) >= 11 is 5.77. The van der Waals surface area contributed by atoms with Gasteiger partial charge in [0.25, 0.3) is 0 Å². The molecule has 0 unspecified atom stereocenters. The average molecular weight is 377 g/mol. The van der Waals surface area contributed by atoms with Crippen molar-refractivity contribution in [1.82, 2.24) is 14.9 Å². The highest BCUT2D eigenvalue weighted by Crippen LogP contribution is 2.31. The fraction of sp³-hybridized carbons (Fsp3) is 0.389. The smallest absolute Gasteiger partial charge is 0.225 e. The zero-order valence-corrected chi connectivity index (χ0v) is 14.8. The lowest BCUT2D eigenvalue weighted by Gasteiger charge is -2.35. The van der Waals surface area contributed by atoms with Crippen LogP contribution in [0.2, 0.25) is 5.02 Å². The highest BCUT2D eigenvalue weighted by Gasteiger charge is 2.34. The first-order valence-electron chi connectivity index (χ1n) is 8.59. The van der Waals surface area contributed by atoms with E-state index in [1.165, 1.54) is 24.5 Å². The Morgan fingerprint density at radius 1 is 1.15 bits per heavy atom. The second-order valence-corrected chi connectivity index (χ2v) is 6.89. The number of nitrogens with zero attached hydrogens (tertiary/aromatic N) is 4. The van der Waals surface area contributed by atoms with Gasteiger partial charge in [-0.15, -0.1) is 0 Å². The van der Waals surface area contributed by atoms with Crippen molar-refractivity contribution in [3.8, 4) is 11.6 Å². The van der Waals surface area contributed by atoms with Crippen LogP contribution in [0.15, 0.2) is 30.6 Å². The molecule has 4 rings (SSSR count). The number of rotatable bonds is 4. The highest BCUT2D eigenvalue weighted by molar-refractivity contribution is 6.30. The minimum absolute atomic E-state index is 0.00627. The van der Waals surface area contributed by atoms with Gasteiger partial charge in [0.2, 0.25) is 11.8 Å². The zero-order chi connectivity index (χ0) is 18.1. The van der Waals surface area contributed by atoms with E-state index in [1.807, 2.05) is 4.90 Å². The van der Waals surface area contributed by atoms with Crippen LogP contribution in [0.1, 0.15) is 12.8 Å². The van der Waals surface area contributed by atoms with Gasteiger partial charge in [0.1, 0.15) is 23.7 Å². The number of halogens is 2. The summed E-state index contributed by atoms with van der Waals surface area (Å²) in [5.74, 6) is 1.53. The summed E-state index contributed by atoms with van der Waals surface area (Å²) in [5, 5.41) is -0.00627. The average Bonchev–Trinajstić information content (AvgIpc) is 3.50. The number of anilines is 1. The normalized spacial score (nSPS) is 17.3. The summed E-state index contributed by atoms with van der Waals surface area (Å²) in [5.41, 5.74) is 0. The van der Waals surface area contributed by atoms with Crippen molar-refractivity contribution >= 4 is 23.3 Å². The van der Waals surface area contributed by atoms with E-state index in [9.17, 15) is 9.18 Å². The topological polar surface area (TPSA) is 58.6 Å². The first kappa shape index (κ1) is 17.0. The maximum absolute atomic E-state index is 13.2. The number of hydrogen-bond acceptors (Lipinski definition) is 5. The third-order valence-corrected chi connectivity index (χ3v) is 4.87. The SMILES string of the molecule is O=C(C1CC1)N1CCN(c2cc(Oc3ccc(F)c(Cl)c3)ncn2)CC1. The van der Waals surface area contributed by atoms with Crippen molar-refractivity contribution in [2.45, 2.75) is 12.8 Å². The second kappa shape index (κ2) is 7.07. The summed E-state index contributed by atoms with van der Waals surface area (Å²) in [6, 6.07) is 5.87. The van der Waals surface area contributed by atoms with Crippen molar-refractivity contribution in [3.63, 3.8) is 0 Å². The van der Waals surface area contributed by atoms with Crippen LogP contribution in [0, 0.1) is 11.7 Å². The predicted molar refractivity (Wildman–Crippen MR) is 95.0 cm³/mol. The molecule has 1 saturated heterocycles. The Morgan fingerprint density at radius 3 is 2.62 bits per heavy atom. The highest BCUT2D eigenvalue weighted by atomic mass is 35.5. The van der Waals surface area contributed by atoms with Gasteiger partial charge in [-0.3, -0.25) is 4.79 Å². The molecule has 2 aliphatic rings. The van der Waals surface area contributed by atoms with Crippen LogP contribution in [0.5, 0.6) is 11.6 Å². The Bertz CT molecular complexity index is 823. The van der Waals surface area contributed by atoms with Crippen LogP contribution in [0.4, 0.5) is 10.2 Å². The molecule has 1 saturated carbocycles. The van der Waals surface area contributed by atoms with Gasteiger partial charge >= 0.3 is 0 Å². The lowest BCUT2D eigenvalue weighted by atomic mass is 10.2. The number of aromatic nitrogens is 2. The quantitative estimate of drug-likeness (QED) is 0.820. The number of ether oxygens (including phenoxy) is 1. The maximum atomic E-state index is 13.2. The molecule has 136 valence electrons. The van der Waals surface area contributed by atoms with Gasteiger partial charge in [-0.05, 0) is 25.0 Å². The molecule has 26 heavy (non-hydrogen) atoms. The van der Waals surface area contributed by atoms with Crippen LogP contribution in [-0.4, -0.2) is 47.0 Å². The van der Waals surface area contributed by atoms with E-state index in [4.69, 9.17) is 16.3 Å². The fourth-order valence-corrected chi connectivity index (χ4v) is 3.13. The molecule has 0 atom stereocenters. The molecule has 0 N–H and O–H groups in total. The van der Waals surface area contributed by atoms with E-state index in [2.05, 4.69) is 14.9 Å². The first-order chi connectivity index (χ1) is 12.6. The number of hydrogen-bond donors (Lipinski definition) is 0. The standard InChI is InChI=1S/C18H18ClFN4O2/c19-14-9-13(3-4-15(14)20)26-17-10-16(21-11-22-17)23-5-7-24(8-6-23)18(25)12-1-2-12/h3-4,9-12H,1-2,5-8H2. The molecule has 1 aromatic heterocycles. The minimum atomic E-state index is -0.499. The monoisotopic (exact) mass is 376 g/mol. The molecular weight excluding hydrogens is 359 g/mol. The molecule has 0 spiro atoms. The maximum Gasteiger partial charge on any atom is 0.225 e. The van der Waals surface area contributed by atoms with Crippen molar-refractivity contribution in [2.24, 2.45) is 5.92 Å². The summed E-state index contributed by atoms with van der Waals surface area (Å²) in [6.45, 7) is 2.83. The molecule has 1 aliphatic carbocycles. The van der Waals surface area contributed by atoms with E-state index in [0.29, 0.717) is 24.7 Å². The Balaban J connectivity index is 1.41. The van der Waals surface area contributed by atoms with Crippen LogP contribution in [0.3, 0.4) is 0 Å². The van der Waals surface area contributed by atoms with E-state index >= 15 is 0 Å². The largest absolute Gasteiger partial charge is 0.439 e. The van der Waals surface area contributed by atoms with Crippen molar-refractivity contribution < 1.29 is 13.9 Å². The molecule has 6 nitrogen and oxygen atoms in total. The Kier molecular flexibility index (Phi) is 4.63. The lowest BCUT2D eigenvalue weighted by molar-refractivity contribution is -0.132. The fourth-order valence-electron chi connectivity index (χ4n) is 2.96. The Morgan fingerprint density at radius 2 is 1.92 bits per heavy atom. The number of amides is 1. The van der Waals surface area contributed by atoms with Gasteiger partial charge < -0.3 is 14.5 Å². The molecule has 0 radical (unpaired) electrons. The van der Waals surface area contributed by atoms with Crippen molar-refractivity contribution in [3.05, 3.63) is 41.4 Å². The van der Waals surface area contributed by atoms with Crippen LogP contribution in [0.25, 0.3) is 0 Å². The third-order valence-electron chi connectivity index (χ3n) is 4.58. The second-order valence-electron chi connectivity index (χ2n) is 6.48. The van der Waals surface area contributed by atoms with Gasteiger partial charge in [0.05, 0.1) is 5.02 Å². The third kappa shape index (κ3) is 3.72. The summed E-state index contributed by atoms with van der Waals surface area (Å²) in [4.78, 5) is 24.6. The number of carbonyl (C=O) groups is 1. The summed E-state index contributed by atoms with van der Waals surface area (Å²) < 4.78 is 18.9. The Labute approximate surface area is 155 Å². The van der Waals surface area contributed by atoms with E-state index < -0.39 is 5.82 Å². The molecular formula is C18H18ClFN4O2. The van der Waals surface area contributed by atoms with Crippen LogP contribution >= 0.6 is 11.6 Å². The van der Waals surface area contributed by atoms with Gasteiger partial charge in [0, 0.05) is 44.2 Å². The van der Waals surface area contributed by atoms with Crippen molar-refractivity contribution in [2.75, 3.05) is 31.1 Å². The molecule has 1 amide bonds. The van der Waals surface area contributed by atoms with Crippen LogP contribution < -0.4 is 9.64 Å². The molecule has 0 bridgehead atoms. The van der Waals surface area contributed by atoms with Crippen LogP contribution in [-0.2, 0) is 4.79 Å².